The molecule has 3 rings (SSSR count). The molecular weight excluding hydrogens is 334 g/mol. The summed E-state index contributed by atoms with van der Waals surface area (Å²) in [6, 6.07) is 6.76. The van der Waals surface area contributed by atoms with Crippen LogP contribution >= 0.6 is 11.6 Å². The number of halogens is 1. The molecule has 128 valence electrons. The third-order valence-corrected chi connectivity index (χ3v) is 3.85. The maximum absolute atomic E-state index is 12.1. The van der Waals surface area contributed by atoms with Crippen LogP contribution in [0.25, 0.3) is 0 Å². The van der Waals surface area contributed by atoms with E-state index in [1.54, 1.807) is 41.3 Å². The lowest BCUT2D eigenvalue weighted by Crippen LogP contribution is -2.46. The van der Waals surface area contributed by atoms with Crippen molar-refractivity contribution in [2.75, 3.05) is 19.8 Å². The number of carbonyl (C=O) groups excluding carboxylic acids is 1. The first-order chi connectivity index (χ1) is 11.6. The molecule has 0 unspecified atom stereocenters. The number of aromatic nitrogens is 2. The average molecular weight is 352 g/mol. The van der Waals surface area contributed by atoms with E-state index in [1.807, 2.05) is 7.05 Å². The Balaban J connectivity index is 1.50. The Morgan fingerprint density at radius 3 is 3.04 bits per heavy atom. The van der Waals surface area contributed by atoms with Gasteiger partial charge in [-0.15, -0.1) is 0 Å². The number of para-hydroxylation sites is 1. The molecule has 0 spiro atoms. The zero-order valence-corrected chi connectivity index (χ0v) is 13.9. The van der Waals surface area contributed by atoms with Crippen LogP contribution in [0.2, 0.25) is 5.02 Å². The van der Waals surface area contributed by atoms with Crippen LogP contribution in [-0.4, -0.2) is 47.7 Å². The van der Waals surface area contributed by atoms with Crippen LogP contribution in [0.3, 0.4) is 0 Å². The summed E-state index contributed by atoms with van der Waals surface area (Å²) in [6.07, 6.45) is 3.12. The van der Waals surface area contributed by atoms with Crippen molar-refractivity contribution in [1.82, 2.24) is 15.1 Å². The van der Waals surface area contributed by atoms with Gasteiger partial charge in [0.05, 0.1) is 36.7 Å². The lowest BCUT2D eigenvalue weighted by Gasteiger charge is -2.19. The van der Waals surface area contributed by atoms with Crippen LogP contribution < -0.4 is 14.8 Å². The minimum atomic E-state index is -0.265. The Hall–Kier alpha value is -2.25. The topological polar surface area (TPSA) is 74.6 Å². The highest BCUT2D eigenvalue weighted by molar-refractivity contribution is 6.32. The van der Waals surface area contributed by atoms with Gasteiger partial charge in [0.15, 0.2) is 12.4 Å². The van der Waals surface area contributed by atoms with Gasteiger partial charge in [-0.3, -0.25) is 9.48 Å². The minimum absolute atomic E-state index is 0.125. The molecule has 0 radical (unpaired) electrons. The molecule has 2 heterocycles. The fraction of sp³-hybridized carbons (Fsp3) is 0.375. The van der Waals surface area contributed by atoms with Crippen molar-refractivity contribution in [3.05, 3.63) is 41.7 Å². The van der Waals surface area contributed by atoms with Gasteiger partial charge in [0.1, 0.15) is 11.9 Å². The van der Waals surface area contributed by atoms with E-state index in [4.69, 9.17) is 25.8 Å². The highest BCUT2D eigenvalue weighted by atomic mass is 35.5. The molecule has 0 saturated carbocycles. The second-order valence-electron chi connectivity index (χ2n) is 5.44. The summed E-state index contributed by atoms with van der Waals surface area (Å²) < 4.78 is 18.3. The second-order valence-corrected chi connectivity index (χ2v) is 5.84. The van der Waals surface area contributed by atoms with Crippen LogP contribution in [0.1, 0.15) is 0 Å². The van der Waals surface area contributed by atoms with E-state index >= 15 is 0 Å². The molecule has 1 aromatic heterocycles. The lowest BCUT2D eigenvalue weighted by atomic mass is 10.2. The molecule has 0 aliphatic carbocycles. The van der Waals surface area contributed by atoms with E-state index < -0.39 is 0 Å². The molecule has 24 heavy (non-hydrogen) atoms. The summed E-state index contributed by atoms with van der Waals surface area (Å²) in [7, 11) is 1.81. The SMILES string of the molecule is Cn1cc(O[C@@H]2COC[C@@H]2NC(=O)COc2ccccc2Cl)cn1. The number of nitrogens with zero attached hydrogens (tertiary/aromatic N) is 2. The van der Waals surface area contributed by atoms with E-state index in [9.17, 15) is 4.79 Å². The summed E-state index contributed by atoms with van der Waals surface area (Å²) >= 11 is 5.99. The Kier molecular flexibility index (Phi) is 5.22. The highest BCUT2D eigenvalue weighted by Gasteiger charge is 2.31. The second kappa shape index (κ2) is 7.55. The summed E-state index contributed by atoms with van der Waals surface area (Å²) in [4.78, 5) is 12.1. The molecule has 1 saturated heterocycles. The minimum Gasteiger partial charge on any atom is -0.482 e. The molecule has 1 aliphatic heterocycles. The van der Waals surface area contributed by atoms with E-state index in [0.29, 0.717) is 29.7 Å². The summed E-state index contributed by atoms with van der Waals surface area (Å²) in [6.45, 7) is 0.674. The van der Waals surface area contributed by atoms with Crippen molar-refractivity contribution in [3.8, 4) is 11.5 Å². The molecule has 1 aromatic carbocycles. The zero-order chi connectivity index (χ0) is 16.9. The fourth-order valence-electron chi connectivity index (χ4n) is 2.37. The van der Waals surface area contributed by atoms with Crippen molar-refractivity contribution < 1.29 is 19.0 Å². The van der Waals surface area contributed by atoms with Gasteiger partial charge in [-0.05, 0) is 12.1 Å². The van der Waals surface area contributed by atoms with Crippen molar-refractivity contribution >= 4 is 17.5 Å². The molecule has 7 nitrogen and oxygen atoms in total. The van der Waals surface area contributed by atoms with E-state index in [-0.39, 0.29) is 24.7 Å². The average Bonchev–Trinajstić information content (AvgIpc) is 3.16. The number of carbonyl (C=O) groups is 1. The predicted octanol–water partition coefficient (Wildman–Crippen LogP) is 1.41. The third-order valence-electron chi connectivity index (χ3n) is 3.54. The van der Waals surface area contributed by atoms with Crippen LogP contribution in [0.5, 0.6) is 11.5 Å². The summed E-state index contributed by atoms with van der Waals surface area (Å²) in [5.41, 5.74) is 0. The fourth-order valence-corrected chi connectivity index (χ4v) is 2.56. The van der Waals surface area contributed by atoms with Gasteiger partial charge in [-0.2, -0.15) is 5.10 Å². The first-order valence-corrected chi connectivity index (χ1v) is 7.89. The largest absolute Gasteiger partial charge is 0.482 e. The zero-order valence-electron chi connectivity index (χ0n) is 13.1. The van der Waals surface area contributed by atoms with Crippen molar-refractivity contribution in [1.29, 1.82) is 0 Å². The maximum atomic E-state index is 12.1. The molecule has 1 fully saturated rings. The van der Waals surface area contributed by atoms with Crippen LogP contribution in [0.15, 0.2) is 36.7 Å². The Bertz CT molecular complexity index is 706. The van der Waals surface area contributed by atoms with Crippen molar-refractivity contribution in [2.45, 2.75) is 12.1 Å². The molecule has 1 N–H and O–H groups in total. The van der Waals surface area contributed by atoms with Gasteiger partial charge in [0.25, 0.3) is 5.91 Å². The highest BCUT2D eigenvalue weighted by Crippen LogP contribution is 2.23. The number of amides is 1. The smallest absolute Gasteiger partial charge is 0.258 e. The van der Waals surface area contributed by atoms with E-state index in [1.165, 1.54) is 0 Å². The predicted molar refractivity (Wildman–Crippen MR) is 87.3 cm³/mol. The first kappa shape index (κ1) is 16.6. The van der Waals surface area contributed by atoms with Crippen LogP contribution in [0, 0.1) is 0 Å². The number of nitrogens with one attached hydrogen (secondary N) is 1. The van der Waals surface area contributed by atoms with Crippen LogP contribution in [0.4, 0.5) is 0 Å². The first-order valence-electron chi connectivity index (χ1n) is 7.51. The summed E-state index contributed by atoms with van der Waals surface area (Å²) in [5, 5.41) is 7.37. The Labute approximate surface area is 144 Å². The van der Waals surface area contributed by atoms with Crippen LogP contribution in [-0.2, 0) is 16.6 Å². The number of benzene rings is 1. The van der Waals surface area contributed by atoms with E-state index in [0.717, 1.165) is 0 Å². The van der Waals surface area contributed by atoms with Gasteiger partial charge < -0.3 is 19.5 Å². The normalized spacial score (nSPS) is 19.9. The number of aryl methyl sites for hydroxylation is 1. The van der Waals surface area contributed by atoms with Gasteiger partial charge in [0, 0.05) is 7.05 Å². The Morgan fingerprint density at radius 2 is 2.29 bits per heavy atom. The standard InChI is InChI=1S/C16H18ClN3O4/c1-20-7-11(6-18-20)24-15-9-22-8-13(15)19-16(21)10-23-14-5-3-2-4-12(14)17/h2-7,13,15H,8-10H2,1H3,(H,19,21)/t13-,15+/m0/s1. The van der Waals surface area contributed by atoms with Crippen molar-refractivity contribution in [3.63, 3.8) is 0 Å². The van der Waals surface area contributed by atoms with Gasteiger partial charge in [0.2, 0.25) is 0 Å². The molecule has 8 heteroatoms. The maximum Gasteiger partial charge on any atom is 0.258 e. The number of hydrogen-bond acceptors (Lipinski definition) is 5. The third kappa shape index (κ3) is 4.18. The van der Waals surface area contributed by atoms with Gasteiger partial charge in [-0.25, -0.2) is 0 Å². The molecular formula is C16H18ClN3O4. The molecule has 2 atom stereocenters. The Morgan fingerprint density at radius 1 is 1.46 bits per heavy atom. The monoisotopic (exact) mass is 351 g/mol. The quantitative estimate of drug-likeness (QED) is 0.851. The molecule has 1 amide bonds. The number of rotatable bonds is 6. The number of hydrogen-bond donors (Lipinski definition) is 1. The van der Waals surface area contributed by atoms with Gasteiger partial charge in [-0.1, -0.05) is 23.7 Å². The lowest BCUT2D eigenvalue weighted by molar-refractivity contribution is -0.124. The molecule has 2 aromatic rings. The number of ether oxygens (including phenoxy) is 3. The van der Waals surface area contributed by atoms with Crippen molar-refractivity contribution in [2.24, 2.45) is 7.05 Å². The summed E-state index contributed by atoms with van der Waals surface area (Å²) in [5.74, 6) is 0.852. The molecule has 1 aliphatic rings. The van der Waals surface area contributed by atoms with E-state index in [2.05, 4.69) is 10.4 Å². The van der Waals surface area contributed by atoms with Gasteiger partial charge >= 0.3 is 0 Å². The molecule has 0 bridgehead atoms.